The Hall–Kier alpha value is -1.20. The van der Waals surface area contributed by atoms with Crippen LogP contribution in [0.4, 0.5) is 0 Å². The number of methoxy groups -OCH3 is 1. The van der Waals surface area contributed by atoms with Crippen molar-refractivity contribution in [1.82, 2.24) is 4.98 Å². The Morgan fingerprint density at radius 2 is 2.18 bits per heavy atom. The van der Waals surface area contributed by atoms with Crippen LogP contribution in [0.25, 0.3) is 0 Å². The predicted molar refractivity (Wildman–Crippen MR) is 71.3 cm³/mol. The largest absolute Gasteiger partial charge is 0.492 e. The van der Waals surface area contributed by atoms with E-state index in [0.29, 0.717) is 18.1 Å². The molecule has 0 aromatic carbocycles. The molecule has 0 aliphatic carbocycles. The van der Waals surface area contributed by atoms with E-state index < -0.39 is 0 Å². The Balaban J connectivity index is 2.45. The monoisotopic (exact) mass is 254 g/mol. The fourth-order valence-corrected chi connectivity index (χ4v) is 1.25. The number of rotatable bonds is 6. The summed E-state index contributed by atoms with van der Waals surface area (Å²) in [4.78, 5) is 4.38. The average Bonchev–Trinajstić information content (AvgIpc) is 2.29. The van der Waals surface area contributed by atoms with E-state index in [2.05, 4.69) is 4.98 Å². The minimum Gasteiger partial charge on any atom is -0.492 e. The van der Waals surface area contributed by atoms with Crippen LogP contribution in [0.5, 0.6) is 5.75 Å². The highest BCUT2D eigenvalue weighted by atomic mass is 32.1. The Morgan fingerprint density at radius 3 is 2.65 bits per heavy atom. The molecule has 0 unspecified atom stereocenters. The molecule has 0 atom stereocenters. The molecular formula is C12H18N2O2S. The second-order valence-corrected chi connectivity index (χ2v) is 4.75. The summed E-state index contributed by atoms with van der Waals surface area (Å²) in [5.74, 6) is 0.705. The molecule has 0 spiro atoms. The van der Waals surface area contributed by atoms with Crippen LogP contribution < -0.4 is 10.5 Å². The third kappa shape index (κ3) is 4.66. The first-order valence-corrected chi connectivity index (χ1v) is 5.79. The molecule has 0 fully saturated rings. The van der Waals surface area contributed by atoms with E-state index in [-0.39, 0.29) is 10.6 Å². The van der Waals surface area contributed by atoms with Crippen LogP contribution >= 0.6 is 12.2 Å². The van der Waals surface area contributed by atoms with Gasteiger partial charge in [-0.15, -0.1) is 0 Å². The first kappa shape index (κ1) is 13.9. The van der Waals surface area contributed by atoms with Gasteiger partial charge in [0.2, 0.25) is 0 Å². The zero-order valence-corrected chi connectivity index (χ0v) is 11.2. The van der Waals surface area contributed by atoms with Gasteiger partial charge in [-0.3, -0.25) is 0 Å². The number of thiocarbonyl (C=S) groups is 1. The second kappa shape index (κ2) is 5.93. The van der Waals surface area contributed by atoms with Gasteiger partial charge in [-0.05, 0) is 26.0 Å². The second-order valence-electron chi connectivity index (χ2n) is 4.31. The molecule has 0 aliphatic heterocycles. The minimum atomic E-state index is -0.174. The van der Waals surface area contributed by atoms with Gasteiger partial charge in [-0.25, -0.2) is 4.98 Å². The van der Waals surface area contributed by atoms with Crippen molar-refractivity contribution < 1.29 is 9.47 Å². The van der Waals surface area contributed by atoms with Gasteiger partial charge in [0.05, 0.1) is 24.1 Å². The SMILES string of the molecule is COC(C)(C)CCOc1ccc(C(N)=S)nc1. The molecule has 0 bridgehead atoms. The van der Waals surface area contributed by atoms with Crippen molar-refractivity contribution in [1.29, 1.82) is 0 Å². The Kier molecular flexibility index (Phi) is 4.84. The van der Waals surface area contributed by atoms with Gasteiger partial charge in [0.15, 0.2) is 0 Å². The fraction of sp³-hybridized carbons (Fsp3) is 0.500. The lowest BCUT2D eigenvalue weighted by Crippen LogP contribution is -2.25. The van der Waals surface area contributed by atoms with E-state index in [1.165, 1.54) is 0 Å². The van der Waals surface area contributed by atoms with Gasteiger partial charge in [-0.1, -0.05) is 12.2 Å². The number of hydrogen-bond donors (Lipinski definition) is 1. The third-order valence-electron chi connectivity index (χ3n) is 2.51. The molecule has 1 heterocycles. The number of ether oxygens (including phenoxy) is 2. The predicted octanol–water partition coefficient (Wildman–Crippen LogP) is 1.91. The van der Waals surface area contributed by atoms with Crippen molar-refractivity contribution in [2.75, 3.05) is 13.7 Å². The maximum Gasteiger partial charge on any atom is 0.137 e. The number of nitrogens with two attached hydrogens (primary N) is 1. The van der Waals surface area contributed by atoms with E-state index >= 15 is 0 Å². The lowest BCUT2D eigenvalue weighted by molar-refractivity contribution is 0.00543. The van der Waals surface area contributed by atoms with Crippen LogP contribution in [-0.4, -0.2) is 29.3 Å². The molecule has 1 aromatic rings. The van der Waals surface area contributed by atoms with Crippen LogP contribution in [0, 0.1) is 0 Å². The topological polar surface area (TPSA) is 57.4 Å². The van der Waals surface area contributed by atoms with Crippen LogP contribution in [0.1, 0.15) is 26.0 Å². The molecule has 0 amide bonds. The van der Waals surface area contributed by atoms with Crippen LogP contribution in [0.2, 0.25) is 0 Å². The van der Waals surface area contributed by atoms with Crippen molar-refractivity contribution in [2.24, 2.45) is 5.73 Å². The van der Waals surface area contributed by atoms with Crippen LogP contribution in [0.15, 0.2) is 18.3 Å². The molecule has 94 valence electrons. The third-order valence-corrected chi connectivity index (χ3v) is 2.72. The van der Waals surface area contributed by atoms with E-state index in [1.54, 1.807) is 25.4 Å². The number of pyridine rings is 1. The van der Waals surface area contributed by atoms with E-state index in [4.69, 9.17) is 27.4 Å². The minimum absolute atomic E-state index is 0.174. The maximum absolute atomic E-state index is 5.55. The van der Waals surface area contributed by atoms with Crippen LogP contribution in [0.3, 0.4) is 0 Å². The van der Waals surface area contributed by atoms with Crippen molar-refractivity contribution in [3.8, 4) is 5.75 Å². The maximum atomic E-state index is 5.55. The molecule has 1 rings (SSSR count). The summed E-state index contributed by atoms with van der Waals surface area (Å²) in [5.41, 5.74) is 5.88. The van der Waals surface area contributed by atoms with Gasteiger partial charge in [0, 0.05) is 13.5 Å². The molecule has 0 radical (unpaired) electrons. The van der Waals surface area contributed by atoms with Gasteiger partial charge >= 0.3 is 0 Å². The van der Waals surface area contributed by atoms with Crippen molar-refractivity contribution in [3.05, 3.63) is 24.0 Å². The standard InChI is InChI=1S/C12H18N2O2S/c1-12(2,15-3)6-7-16-9-4-5-10(11(13)17)14-8-9/h4-5,8H,6-7H2,1-3H3,(H2,13,17). The Bertz CT molecular complexity index is 377. The smallest absolute Gasteiger partial charge is 0.137 e. The summed E-state index contributed by atoms with van der Waals surface area (Å²) in [5, 5.41) is 0. The lowest BCUT2D eigenvalue weighted by Gasteiger charge is -2.22. The number of nitrogens with zero attached hydrogens (tertiary/aromatic N) is 1. The van der Waals surface area contributed by atoms with Crippen LogP contribution in [-0.2, 0) is 4.74 Å². The Morgan fingerprint density at radius 1 is 1.47 bits per heavy atom. The molecule has 1 aromatic heterocycles. The molecule has 4 nitrogen and oxygen atoms in total. The molecule has 0 saturated heterocycles. The summed E-state index contributed by atoms with van der Waals surface area (Å²) in [6.07, 6.45) is 2.43. The van der Waals surface area contributed by atoms with Gasteiger partial charge < -0.3 is 15.2 Å². The number of hydrogen-bond acceptors (Lipinski definition) is 4. The van der Waals surface area contributed by atoms with Crippen molar-refractivity contribution >= 4 is 17.2 Å². The van der Waals surface area contributed by atoms with Crippen molar-refractivity contribution in [3.63, 3.8) is 0 Å². The highest BCUT2D eigenvalue weighted by Crippen LogP contribution is 2.15. The lowest BCUT2D eigenvalue weighted by atomic mass is 10.1. The highest BCUT2D eigenvalue weighted by molar-refractivity contribution is 7.80. The zero-order valence-electron chi connectivity index (χ0n) is 10.4. The van der Waals surface area contributed by atoms with Crippen molar-refractivity contribution in [2.45, 2.75) is 25.9 Å². The van der Waals surface area contributed by atoms with E-state index in [9.17, 15) is 0 Å². The van der Waals surface area contributed by atoms with E-state index in [1.807, 2.05) is 13.8 Å². The molecule has 0 aliphatic rings. The quantitative estimate of drug-likeness (QED) is 0.786. The molecular weight excluding hydrogens is 236 g/mol. The fourth-order valence-electron chi connectivity index (χ4n) is 1.13. The normalized spacial score (nSPS) is 11.2. The highest BCUT2D eigenvalue weighted by Gasteiger charge is 2.15. The summed E-state index contributed by atoms with van der Waals surface area (Å²) in [6.45, 7) is 4.62. The van der Waals surface area contributed by atoms with Gasteiger partial charge in [0.25, 0.3) is 0 Å². The molecule has 2 N–H and O–H groups in total. The summed E-state index contributed by atoms with van der Waals surface area (Å²) >= 11 is 4.82. The molecule has 17 heavy (non-hydrogen) atoms. The molecule has 0 saturated carbocycles. The zero-order chi connectivity index (χ0) is 12.9. The summed E-state index contributed by atoms with van der Waals surface area (Å²) in [7, 11) is 1.69. The summed E-state index contributed by atoms with van der Waals surface area (Å²) in [6, 6.07) is 3.56. The van der Waals surface area contributed by atoms with Gasteiger partial charge in [-0.2, -0.15) is 0 Å². The summed E-state index contributed by atoms with van der Waals surface area (Å²) < 4.78 is 10.8. The first-order chi connectivity index (χ1) is 7.94. The average molecular weight is 254 g/mol. The molecule has 5 heteroatoms. The van der Waals surface area contributed by atoms with E-state index in [0.717, 1.165) is 6.42 Å². The first-order valence-electron chi connectivity index (χ1n) is 5.38. The Labute approximate surface area is 107 Å². The number of aromatic nitrogens is 1. The van der Waals surface area contributed by atoms with Gasteiger partial charge in [0.1, 0.15) is 10.7 Å².